The molecule has 10 rings (SSSR count). The summed E-state index contributed by atoms with van der Waals surface area (Å²) in [5, 5.41) is 2.31. The molecule has 3 heterocycles. The van der Waals surface area contributed by atoms with Crippen LogP contribution in [0.25, 0.3) is 38.8 Å². The summed E-state index contributed by atoms with van der Waals surface area (Å²) in [4.78, 5) is 9.88. The first-order chi connectivity index (χ1) is 30.7. The lowest BCUT2D eigenvalue weighted by Crippen LogP contribution is -2.25. The molecular weight excluding hydrogens is 781 g/mol. The Morgan fingerprint density at radius 3 is 1.77 bits per heavy atom. The number of hydrogen-bond acceptors (Lipinski definition) is 4. The van der Waals surface area contributed by atoms with Crippen molar-refractivity contribution in [1.29, 1.82) is 0 Å². The molecule has 7 aromatic carbocycles. The standard InChI is InChI=1S/C59H56N4O/c1-57(2,3)44-33-45(58(4,5)6)35-47(34-44)62-39-61(53-24-15-16-25-54(53)62)46-22-17-23-48(37-46)64-49-27-28-50-51-32-41(40-18-11-9-12-19-40)26-29-52(51)63(55(50)38-49)56-36-43(30-31-60-56)59(7,8)42-20-13-10-14-21-42/h9-38H,39H2,1-8H3. The van der Waals surface area contributed by atoms with Crippen molar-refractivity contribution in [2.75, 3.05) is 16.5 Å². The van der Waals surface area contributed by atoms with Gasteiger partial charge in [0.05, 0.1) is 22.4 Å². The van der Waals surface area contributed by atoms with Gasteiger partial charge in [-0.15, -0.1) is 0 Å². The van der Waals surface area contributed by atoms with Crippen molar-refractivity contribution < 1.29 is 4.74 Å². The van der Waals surface area contributed by atoms with E-state index in [1.165, 1.54) is 55.8 Å². The predicted octanol–water partition coefficient (Wildman–Crippen LogP) is 15.8. The van der Waals surface area contributed by atoms with E-state index in [0.29, 0.717) is 6.67 Å². The SMILES string of the molecule is CC(C)(C)c1cc(N2CN(c3cccc(Oc4ccc5c6cc(-c7ccccc7)ccc6n(-c6cc(C(C)(C)c7ccccc7)ccn6)c5c4)c3)c3ccccc32)cc(C(C)(C)C)c1. The number of fused-ring (bicyclic) bond motifs is 4. The van der Waals surface area contributed by atoms with Crippen LogP contribution in [0.2, 0.25) is 0 Å². The third-order valence-electron chi connectivity index (χ3n) is 13.1. The number of anilines is 4. The van der Waals surface area contributed by atoms with E-state index in [2.05, 4.69) is 240 Å². The zero-order valence-electron chi connectivity index (χ0n) is 38.2. The predicted molar refractivity (Wildman–Crippen MR) is 269 cm³/mol. The topological polar surface area (TPSA) is 33.5 Å². The molecule has 318 valence electrons. The Hall–Kier alpha value is -7.11. The van der Waals surface area contributed by atoms with Gasteiger partial charge >= 0.3 is 0 Å². The zero-order valence-corrected chi connectivity index (χ0v) is 38.2. The number of aromatic nitrogens is 2. The molecule has 0 amide bonds. The number of rotatable bonds is 8. The lowest BCUT2D eigenvalue weighted by atomic mass is 9.78. The lowest BCUT2D eigenvalue weighted by molar-refractivity contribution is 0.483. The van der Waals surface area contributed by atoms with Crippen LogP contribution in [0.4, 0.5) is 22.7 Å². The maximum Gasteiger partial charge on any atom is 0.137 e. The van der Waals surface area contributed by atoms with Crippen LogP contribution in [-0.2, 0) is 16.2 Å². The lowest BCUT2D eigenvalue weighted by Gasteiger charge is -2.29. The Bertz CT molecular complexity index is 3140. The van der Waals surface area contributed by atoms with Crippen LogP contribution in [0, 0.1) is 0 Å². The van der Waals surface area contributed by atoms with Crippen LogP contribution in [0.5, 0.6) is 11.5 Å². The van der Waals surface area contributed by atoms with Gasteiger partial charge in [0, 0.05) is 45.9 Å². The second kappa shape index (κ2) is 15.6. The van der Waals surface area contributed by atoms with Gasteiger partial charge in [-0.3, -0.25) is 4.57 Å². The highest BCUT2D eigenvalue weighted by Gasteiger charge is 2.31. The first kappa shape index (κ1) is 40.9. The summed E-state index contributed by atoms with van der Waals surface area (Å²) < 4.78 is 9.13. The highest BCUT2D eigenvalue weighted by molar-refractivity contribution is 6.10. The van der Waals surface area contributed by atoms with Crippen LogP contribution in [0.3, 0.4) is 0 Å². The molecule has 0 bridgehead atoms. The van der Waals surface area contributed by atoms with Crippen molar-refractivity contribution in [2.24, 2.45) is 0 Å². The molecule has 0 unspecified atom stereocenters. The van der Waals surface area contributed by atoms with E-state index in [1.807, 2.05) is 12.3 Å². The van der Waals surface area contributed by atoms with Crippen LogP contribution < -0.4 is 14.5 Å². The summed E-state index contributed by atoms with van der Waals surface area (Å²) in [6.07, 6.45) is 1.94. The average Bonchev–Trinajstić information content (AvgIpc) is 3.85. The maximum atomic E-state index is 6.83. The number of ether oxygens (including phenoxy) is 1. The minimum atomic E-state index is -0.226. The Labute approximate surface area is 378 Å². The summed E-state index contributed by atoms with van der Waals surface area (Å²) in [6.45, 7) is 19.1. The van der Waals surface area contributed by atoms with Gasteiger partial charge in [-0.2, -0.15) is 0 Å². The molecule has 9 aromatic rings. The largest absolute Gasteiger partial charge is 0.457 e. The highest BCUT2D eigenvalue weighted by Crippen LogP contribution is 2.47. The molecule has 1 aliphatic rings. The molecule has 0 spiro atoms. The van der Waals surface area contributed by atoms with Crippen LogP contribution in [0.1, 0.15) is 77.6 Å². The van der Waals surface area contributed by atoms with E-state index in [-0.39, 0.29) is 16.2 Å². The normalized spacial score (nSPS) is 13.2. The third kappa shape index (κ3) is 7.49. The number of benzene rings is 7. The van der Waals surface area contributed by atoms with E-state index in [0.717, 1.165) is 39.4 Å². The maximum absolute atomic E-state index is 6.83. The molecular formula is C59H56N4O. The van der Waals surface area contributed by atoms with Gasteiger partial charge in [0.15, 0.2) is 0 Å². The average molecular weight is 837 g/mol. The molecule has 0 radical (unpaired) electrons. The molecule has 2 aromatic heterocycles. The van der Waals surface area contributed by atoms with Gasteiger partial charge in [0.2, 0.25) is 0 Å². The van der Waals surface area contributed by atoms with Crippen LogP contribution >= 0.6 is 0 Å². The first-order valence-electron chi connectivity index (χ1n) is 22.5. The van der Waals surface area contributed by atoms with Crippen molar-refractivity contribution in [2.45, 2.75) is 71.6 Å². The second-order valence-corrected chi connectivity index (χ2v) is 19.9. The van der Waals surface area contributed by atoms with Crippen molar-refractivity contribution in [3.8, 4) is 28.4 Å². The van der Waals surface area contributed by atoms with E-state index in [4.69, 9.17) is 9.72 Å². The number of para-hydroxylation sites is 2. The fourth-order valence-corrected chi connectivity index (χ4v) is 9.21. The van der Waals surface area contributed by atoms with E-state index >= 15 is 0 Å². The van der Waals surface area contributed by atoms with Gasteiger partial charge in [-0.25, -0.2) is 4.98 Å². The summed E-state index contributed by atoms with van der Waals surface area (Å²) >= 11 is 0. The summed E-state index contributed by atoms with van der Waals surface area (Å²) in [5.41, 5.74) is 14.1. The van der Waals surface area contributed by atoms with Crippen molar-refractivity contribution in [1.82, 2.24) is 9.55 Å². The quantitative estimate of drug-likeness (QED) is 0.153. The van der Waals surface area contributed by atoms with Crippen LogP contribution in [-0.4, -0.2) is 16.2 Å². The monoisotopic (exact) mass is 836 g/mol. The molecule has 0 N–H and O–H groups in total. The van der Waals surface area contributed by atoms with Crippen molar-refractivity contribution in [3.63, 3.8) is 0 Å². The van der Waals surface area contributed by atoms with E-state index < -0.39 is 0 Å². The third-order valence-corrected chi connectivity index (χ3v) is 13.1. The van der Waals surface area contributed by atoms with E-state index in [1.54, 1.807) is 0 Å². The molecule has 0 saturated carbocycles. The first-order valence-corrected chi connectivity index (χ1v) is 22.5. The molecule has 0 saturated heterocycles. The fraction of sp³-hybridized carbons (Fsp3) is 0.203. The van der Waals surface area contributed by atoms with Gasteiger partial charge in [0.1, 0.15) is 24.0 Å². The number of nitrogens with zero attached hydrogens (tertiary/aromatic N) is 4. The summed E-state index contributed by atoms with van der Waals surface area (Å²) in [7, 11) is 0. The van der Waals surface area contributed by atoms with Gasteiger partial charge in [-0.05, 0) is 117 Å². The van der Waals surface area contributed by atoms with Gasteiger partial charge in [0.25, 0.3) is 0 Å². The Morgan fingerprint density at radius 1 is 0.438 bits per heavy atom. The Morgan fingerprint density at radius 2 is 1.08 bits per heavy atom. The smallest absolute Gasteiger partial charge is 0.137 e. The minimum absolute atomic E-state index is 0.0168. The second-order valence-electron chi connectivity index (χ2n) is 19.9. The molecule has 5 heteroatoms. The molecule has 0 aliphatic carbocycles. The highest BCUT2D eigenvalue weighted by atomic mass is 16.5. The van der Waals surface area contributed by atoms with Crippen molar-refractivity contribution >= 4 is 44.6 Å². The van der Waals surface area contributed by atoms with Crippen LogP contribution in [0.15, 0.2) is 182 Å². The van der Waals surface area contributed by atoms with Gasteiger partial charge in [-0.1, -0.05) is 146 Å². The molecule has 0 fully saturated rings. The Balaban J connectivity index is 1.03. The summed E-state index contributed by atoms with van der Waals surface area (Å²) in [6, 6.07) is 63.3. The number of pyridine rings is 1. The van der Waals surface area contributed by atoms with Gasteiger partial charge < -0.3 is 14.5 Å². The fourth-order valence-electron chi connectivity index (χ4n) is 9.21. The molecule has 1 aliphatic heterocycles. The number of hydrogen-bond donors (Lipinski definition) is 0. The molecule has 64 heavy (non-hydrogen) atoms. The van der Waals surface area contributed by atoms with E-state index in [9.17, 15) is 0 Å². The molecule has 5 nitrogen and oxygen atoms in total. The van der Waals surface area contributed by atoms with Crippen molar-refractivity contribution in [3.05, 3.63) is 204 Å². The minimum Gasteiger partial charge on any atom is -0.457 e. The Kier molecular flexibility index (Phi) is 9.98. The molecule has 0 atom stereocenters. The zero-order chi connectivity index (χ0) is 44.4. The summed E-state index contributed by atoms with van der Waals surface area (Å²) in [5.74, 6) is 2.40.